The third-order valence-corrected chi connectivity index (χ3v) is 10.6. The minimum absolute atomic E-state index is 0.00332. The monoisotopic (exact) mass is 466 g/mol. The van der Waals surface area contributed by atoms with E-state index < -0.39 is 19.3 Å². The predicted molar refractivity (Wildman–Crippen MR) is 124 cm³/mol. The van der Waals surface area contributed by atoms with E-state index in [2.05, 4.69) is 33.9 Å². The molecule has 0 aliphatic heterocycles. The number of nitro groups is 1. The van der Waals surface area contributed by atoms with Gasteiger partial charge in [0.05, 0.1) is 17.7 Å². The summed E-state index contributed by atoms with van der Waals surface area (Å²) in [4.78, 5) is 23.0. The summed E-state index contributed by atoms with van der Waals surface area (Å²) >= 11 is 1.51. The van der Waals surface area contributed by atoms with E-state index in [1.165, 1.54) is 28.5 Å². The first kappa shape index (κ1) is 25.0. The van der Waals surface area contributed by atoms with E-state index in [-0.39, 0.29) is 23.9 Å². The molecule has 0 atom stereocenters. The van der Waals surface area contributed by atoms with Gasteiger partial charge in [0.25, 0.3) is 14.0 Å². The minimum Gasteiger partial charge on any atom is -0.542 e. The van der Waals surface area contributed by atoms with Crippen molar-refractivity contribution in [2.24, 2.45) is 0 Å². The van der Waals surface area contributed by atoms with E-state index in [1.807, 2.05) is 6.07 Å². The highest BCUT2D eigenvalue weighted by molar-refractivity contribution is 7.98. The van der Waals surface area contributed by atoms with E-state index in [9.17, 15) is 14.9 Å². The van der Waals surface area contributed by atoms with E-state index >= 15 is 0 Å². The molecule has 0 aliphatic carbocycles. The van der Waals surface area contributed by atoms with Crippen LogP contribution in [0.1, 0.15) is 32.0 Å². The summed E-state index contributed by atoms with van der Waals surface area (Å²) in [5.74, 6) is 1.70. The highest BCUT2D eigenvalue weighted by atomic mass is 32.2. The van der Waals surface area contributed by atoms with Gasteiger partial charge in [-0.3, -0.25) is 14.7 Å². The lowest BCUT2D eigenvalue weighted by molar-refractivity contribution is -0.384. The molecule has 170 valence electrons. The maximum absolute atomic E-state index is 12.8. The number of hydrogen-bond acceptors (Lipinski definition) is 7. The molecule has 10 heteroatoms. The van der Waals surface area contributed by atoms with Gasteiger partial charge in [-0.25, -0.2) is 4.79 Å². The topological polar surface area (TPSA) is 104 Å². The second-order valence-electron chi connectivity index (χ2n) is 8.65. The standard InChI is InChI=1S/C21H30N2O6SSi/c1-21(2,3)31(4,5)29-19-12-18(15-30-11-10-24)22(13-19)20(25)28-14-16-6-8-17(9-7-16)23(26)27/h6-9,12-13,24H,10-11,14-15H2,1-5H3. The molecule has 0 spiro atoms. The van der Waals surface area contributed by atoms with Crippen molar-refractivity contribution in [3.8, 4) is 5.75 Å². The molecule has 31 heavy (non-hydrogen) atoms. The lowest BCUT2D eigenvalue weighted by Crippen LogP contribution is -2.43. The van der Waals surface area contributed by atoms with Crippen LogP contribution in [-0.4, -0.2) is 41.4 Å². The second kappa shape index (κ2) is 10.3. The fourth-order valence-corrected chi connectivity index (χ4v) is 4.15. The first-order valence-electron chi connectivity index (χ1n) is 9.94. The smallest absolute Gasteiger partial charge is 0.418 e. The van der Waals surface area contributed by atoms with Gasteiger partial charge in [-0.2, -0.15) is 11.8 Å². The Morgan fingerprint density at radius 3 is 2.45 bits per heavy atom. The molecule has 8 nitrogen and oxygen atoms in total. The van der Waals surface area contributed by atoms with Gasteiger partial charge in [-0.1, -0.05) is 20.8 Å². The highest BCUT2D eigenvalue weighted by Gasteiger charge is 2.39. The number of nitro benzene ring substituents is 1. The number of benzene rings is 1. The fraction of sp³-hybridized carbons (Fsp3) is 0.476. The number of ether oxygens (including phenoxy) is 1. The van der Waals surface area contributed by atoms with Crippen LogP contribution in [0, 0.1) is 10.1 Å². The van der Waals surface area contributed by atoms with Gasteiger partial charge in [-0.05, 0) is 35.8 Å². The summed E-state index contributed by atoms with van der Waals surface area (Å²) in [6, 6.07) is 7.72. The van der Waals surface area contributed by atoms with Crippen LogP contribution in [0.2, 0.25) is 18.1 Å². The Bertz CT molecular complexity index is 906. The summed E-state index contributed by atoms with van der Waals surface area (Å²) in [6.07, 6.45) is 1.09. The van der Waals surface area contributed by atoms with Crippen molar-refractivity contribution in [1.82, 2.24) is 4.57 Å². The molecule has 0 unspecified atom stereocenters. The van der Waals surface area contributed by atoms with Crippen LogP contribution in [0.3, 0.4) is 0 Å². The molecule has 2 aromatic rings. The average molecular weight is 467 g/mol. The number of rotatable bonds is 9. The molecule has 0 saturated carbocycles. The van der Waals surface area contributed by atoms with Crippen molar-refractivity contribution in [3.05, 3.63) is 57.9 Å². The molecule has 0 bridgehead atoms. The first-order chi connectivity index (χ1) is 14.4. The zero-order chi connectivity index (χ0) is 23.2. The van der Waals surface area contributed by atoms with Crippen LogP contribution in [0.15, 0.2) is 36.5 Å². The number of aliphatic hydroxyl groups is 1. The van der Waals surface area contributed by atoms with Gasteiger partial charge in [0.2, 0.25) is 0 Å². The minimum atomic E-state index is -2.08. The van der Waals surface area contributed by atoms with Gasteiger partial charge < -0.3 is 14.3 Å². The van der Waals surface area contributed by atoms with E-state index in [0.29, 0.717) is 22.8 Å². The quantitative estimate of drug-likeness (QED) is 0.235. The Hall–Kier alpha value is -2.30. The first-order valence-corrected chi connectivity index (χ1v) is 14.0. The summed E-state index contributed by atoms with van der Waals surface area (Å²) in [6.45, 7) is 10.8. The number of hydrogen-bond donors (Lipinski definition) is 1. The Kier molecular flexibility index (Phi) is 8.32. The van der Waals surface area contributed by atoms with Crippen molar-refractivity contribution in [1.29, 1.82) is 0 Å². The van der Waals surface area contributed by atoms with Crippen molar-refractivity contribution < 1.29 is 24.0 Å². The van der Waals surface area contributed by atoms with Gasteiger partial charge in [0, 0.05) is 35.4 Å². The Morgan fingerprint density at radius 2 is 1.90 bits per heavy atom. The third-order valence-electron chi connectivity index (χ3n) is 5.25. The zero-order valence-corrected chi connectivity index (χ0v) is 20.4. The molecule has 0 saturated heterocycles. The molecule has 0 amide bonds. The molecule has 1 heterocycles. The lowest BCUT2D eigenvalue weighted by Gasteiger charge is -2.36. The van der Waals surface area contributed by atoms with E-state index in [1.54, 1.807) is 18.3 Å². The van der Waals surface area contributed by atoms with Crippen LogP contribution >= 0.6 is 11.8 Å². The Labute approximate surface area is 187 Å². The SMILES string of the molecule is CC(C)(C)[Si](C)(C)Oc1cc(CSCCO)n(C(=O)OCc2ccc([N+](=O)[O-])cc2)c1. The number of carbonyl (C=O) groups is 1. The molecule has 1 N–H and O–H groups in total. The maximum Gasteiger partial charge on any atom is 0.418 e. The van der Waals surface area contributed by atoms with Crippen LogP contribution in [-0.2, 0) is 17.1 Å². The van der Waals surface area contributed by atoms with Gasteiger partial charge in [-0.15, -0.1) is 0 Å². The summed E-state index contributed by atoms with van der Waals surface area (Å²) in [7, 11) is -2.08. The summed E-state index contributed by atoms with van der Waals surface area (Å²) in [5, 5.41) is 19.8. The number of thioether (sulfide) groups is 1. The largest absolute Gasteiger partial charge is 0.542 e. The molecular formula is C21H30N2O6SSi. The molecule has 0 radical (unpaired) electrons. The van der Waals surface area contributed by atoms with Gasteiger partial charge in [0.1, 0.15) is 12.4 Å². The highest BCUT2D eigenvalue weighted by Crippen LogP contribution is 2.38. The molecule has 0 aliphatic rings. The molecule has 0 fully saturated rings. The number of aliphatic hydroxyl groups excluding tert-OH is 1. The van der Waals surface area contributed by atoms with Gasteiger partial charge >= 0.3 is 6.09 Å². The van der Waals surface area contributed by atoms with E-state index in [4.69, 9.17) is 14.3 Å². The summed E-state index contributed by atoms with van der Waals surface area (Å²) in [5.41, 5.74) is 1.36. The summed E-state index contributed by atoms with van der Waals surface area (Å²) < 4.78 is 13.2. The molecular weight excluding hydrogens is 436 g/mol. The Morgan fingerprint density at radius 1 is 1.26 bits per heavy atom. The van der Waals surface area contributed by atoms with Crippen LogP contribution < -0.4 is 4.43 Å². The van der Waals surface area contributed by atoms with Crippen LogP contribution in [0.25, 0.3) is 0 Å². The van der Waals surface area contributed by atoms with Gasteiger partial charge in [0.15, 0.2) is 0 Å². The van der Waals surface area contributed by atoms with Crippen molar-refractivity contribution in [2.75, 3.05) is 12.4 Å². The van der Waals surface area contributed by atoms with Crippen molar-refractivity contribution in [3.63, 3.8) is 0 Å². The fourth-order valence-electron chi connectivity index (χ4n) is 2.44. The lowest BCUT2D eigenvalue weighted by atomic mass is 10.2. The number of aromatic nitrogens is 1. The van der Waals surface area contributed by atoms with Crippen molar-refractivity contribution >= 4 is 31.9 Å². The van der Waals surface area contributed by atoms with Crippen LogP contribution in [0.4, 0.5) is 10.5 Å². The third kappa shape index (κ3) is 6.84. The average Bonchev–Trinajstić information content (AvgIpc) is 3.07. The van der Waals surface area contributed by atoms with E-state index in [0.717, 1.165) is 5.69 Å². The zero-order valence-electron chi connectivity index (χ0n) is 18.6. The normalized spacial score (nSPS) is 11.9. The molecule has 2 rings (SSSR count). The van der Waals surface area contributed by atoms with Crippen molar-refractivity contribution in [2.45, 2.75) is 51.3 Å². The molecule has 1 aromatic heterocycles. The van der Waals surface area contributed by atoms with Crippen LogP contribution in [0.5, 0.6) is 5.75 Å². The number of nitrogens with zero attached hydrogens (tertiary/aromatic N) is 2. The maximum atomic E-state index is 12.8. The number of non-ortho nitro benzene ring substituents is 1. The Balaban J connectivity index is 2.16. The molecule has 1 aromatic carbocycles. The number of carbonyl (C=O) groups excluding carboxylic acids is 1. The predicted octanol–water partition coefficient (Wildman–Crippen LogP) is 5.19. The second-order valence-corrected chi connectivity index (χ2v) is 14.5.